The van der Waals surface area contributed by atoms with Gasteiger partial charge in [0.15, 0.2) is 6.10 Å². The minimum Gasteiger partial charge on any atom is -0.452 e. The van der Waals surface area contributed by atoms with E-state index in [0.29, 0.717) is 6.42 Å². The van der Waals surface area contributed by atoms with Gasteiger partial charge in [-0.05, 0) is 72.5 Å². The molecule has 236 valence electrons. The van der Waals surface area contributed by atoms with Crippen LogP contribution in [-0.2, 0) is 20.7 Å². The van der Waals surface area contributed by atoms with Gasteiger partial charge in [0.2, 0.25) is 0 Å². The summed E-state index contributed by atoms with van der Waals surface area (Å²) >= 11 is 0. The van der Waals surface area contributed by atoms with Crippen molar-refractivity contribution in [3.8, 4) is 0 Å². The molecule has 0 unspecified atom stereocenters. The predicted molar refractivity (Wildman–Crippen MR) is 189 cm³/mol. The van der Waals surface area contributed by atoms with Gasteiger partial charge in [0.1, 0.15) is 5.60 Å². The molecule has 0 amide bonds. The van der Waals surface area contributed by atoms with E-state index in [4.69, 9.17) is 9.47 Å². The molecule has 1 N–H and O–H groups in total. The van der Waals surface area contributed by atoms with Gasteiger partial charge in [-0.25, -0.2) is 4.79 Å². The zero-order valence-electron chi connectivity index (χ0n) is 26.9. The molecule has 0 aliphatic heterocycles. The minimum atomic E-state index is -0.620. The highest BCUT2D eigenvalue weighted by molar-refractivity contribution is 5.93. The van der Waals surface area contributed by atoms with Crippen molar-refractivity contribution in [2.75, 3.05) is 0 Å². The topological polar surface area (TPSA) is 73.3 Å². The number of fused-ring (bicyclic) bond motifs is 3. The average Bonchev–Trinajstić information content (AvgIpc) is 3.78. The summed E-state index contributed by atoms with van der Waals surface area (Å²) in [4.78, 5) is 29.4. The third-order valence-electron chi connectivity index (χ3n) is 7.94. The molecule has 5 aromatic carbocycles. The first-order chi connectivity index (χ1) is 22.8. The first-order valence-corrected chi connectivity index (χ1v) is 15.8. The Labute approximate surface area is 274 Å². The molecular formula is C41H38N2O4. The fourth-order valence-electron chi connectivity index (χ4n) is 5.87. The van der Waals surface area contributed by atoms with Crippen LogP contribution in [0.5, 0.6) is 0 Å². The Morgan fingerprint density at radius 1 is 0.681 bits per heavy atom. The van der Waals surface area contributed by atoms with Crippen molar-refractivity contribution in [2.45, 2.75) is 45.3 Å². The zero-order valence-corrected chi connectivity index (χ0v) is 26.9. The lowest BCUT2D eigenvalue weighted by Gasteiger charge is -2.22. The molecule has 7 aromatic rings. The average molecular weight is 623 g/mol. The Morgan fingerprint density at radius 3 is 1.77 bits per heavy atom. The summed E-state index contributed by atoms with van der Waals surface area (Å²) in [7, 11) is 0. The SMILES string of the molecule is CC(C)(C)OC(=O)n1cc(CCC(=O)OC(c2cccc3ccccc23)c2cccc3ccccc23)c2ccccc21.c1cc[nH]c1. The Bertz CT molecular complexity index is 2030. The van der Waals surface area contributed by atoms with Gasteiger partial charge in [0.05, 0.1) is 5.52 Å². The number of aromatic amines is 1. The van der Waals surface area contributed by atoms with Gasteiger partial charge in [0.25, 0.3) is 0 Å². The van der Waals surface area contributed by atoms with Gasteiger partial charge in [-0.1, -0.05) is 103 Å². The molecule has 0 aliphatic carbocycles. The number of para-hydroxylation sites is 1. The standard InChI is InChI=1S/C37H33NO4.C4H5N/c1-37(2,3)42-36(40)38-24-27(30-18-8-9-21-33(30)38)22-23-34(39)41-35(31-19-10-14-25-12-4-6-16-28(25)31)32-20-11-15-26-13-5-7-17-29(26)32;1-2-4-5-3-1/h4-21,24,35H,22-23H2,1-3H3;1-5H. The van der Waals surface area contributed by atoms with Crippen LogP contribution >= 0.6 is 0 Å². The first-order valence-electron chi connectivity index (χ1n) is 15.8. The van der Waals surface area contributed by atoms with Crippen molar-refractivity contribution in [1.82, 2.24) is 9.55 Å². The lowest BCUT2D eigenvalue weighted by molar-refractivity contribution is -0.147. The summed E-state index contributed by atoms with van der Waals surface area (Å²) in [5.41, 5.74) is 2.91. The van der Waals surface area contributed by atoms with Gasteiger partial charge in [-0.2, -0.15) is 0 Å². The lowest BCUT2D eigenvalue weighted by atomic mass is 9.92. The number of hydrogen-bond acceptors (Lipinski definition) is 4. The fourth-order valence-corrected chi connectivity index (χ4v) is 5.87. The third kappa shape index (κ3) is 7.28. The number of benzene rings is 5. The van der Waals surface area contributed by atoms with Crippen LogP contribution in [0, 0.1) is 0 Å². The molecule has 6 heteroatoms. The van der Waals surface area contributed by atoms with Crippen molar-refractivity contribution in [3.63, 3.8) is 0 Å². The summed E-state index contributed by atoms with van der Waals surface area (Å²) in [5, 5.41) is 5.19. The second-order valence-electron chi connectivity index (χ2n) is 12.4. The predicted octanol–water partition coefficient (Wildman–Crippen LogP) is 10.0. The van der Waals surface area contributed by atoms with Crippen LogP contribution in [0.3, 0.4) is 0 Å². The van der Waals surface area contributed by atoms with Crippen LogP contribution in [0.15, 0.2) is 140 Å². The van der Waals surface area contributed by atoms with E-state index in [1.54, 1.807) is 6.20 Å². The molecule has 0 saturated carbocycles. The number of hydrogen-bond donors (Lipinski definition) is 1. The number of nitrogens with one attached hydrogen (secondary N) is 1. The smallest absolute Gasteiger partial charge is 0.419 e. The van der Waals surface area contributed by atoms with Crippen molar-refractivity contribution in [3.05, 3.63) is 157 Å². The van der Waals surface area contributed by atoms with Crippen molar-refractivity contribution in [2.24, 2.45) is 0 Å². The minimum absolute atomic E-state index is 0.161. The van der Waals surface area contributed by atoms with E-state index in [1.807, 2.05) is 118 Å². The molecule has 0 fully saturated rings. The van der Waals surface area contributed by atoms with Crippen LogP contribution in [-0.4, -0.2) is 27.2 Å². The van der Waals surface area contributed by atoms with Gasteiger partial charge in [-0.15, -0.1) is 0 Å². The quantitative estimate of drug-likeness (QED) is 0.187. The molecular weight excluding hydrogens is 584 g/mol. The van der Waals surface area contributed by atoms with E-state index in [1.165, 1.54) is 4.57 Å². The van der Waals surface area contributed by atoms with Gasteiger partial charge in [0, 0.05) is 41.5 Å². The number of rotatable bonds is 6. The van der Waals surface area contributed by atoms with Gasteiger partial charge < -0.3 is 14.5 Å². The summed E-state index contributed by atoms with van der Waals surface area (Å²) in [6.07, 6.45) is 5.08. The Balaban J connectivity index is 0.000000707. The Morgan fingerprint density at radius 2 is 1.21 bits per heavy atom. The summed E-state index contributed by atoms with van der Waals surface area (Å²) in [5.74, 6) is -0.310. The van der Waals surface area contributed by atoms with Gasteiger partial charge >= 0.3 is 12.1 Å². The number of ether oxygens (including phenoxy) is 2. The van der Waals surface area contributed by atoms with Crippen molar-refractivity contribution in [1.29, 1.82) is 0 Å². The number of aryl methyl sites for hydroxylation is 1. The fraction of sp³-hybridized carbons (Fsp3) is 0.171. The summed E-state index contributed by atoms with van der Waals surface area (Å²) < 4.78 is 13.5. The highest BCUT2D eigenvalue weighted by Crippen LogP contribution is 2.36. The molecule has 2 heterocycles. The van der Waals surface area contributed by atoms with E-state index in [0.717, 1.165) is 49.1 Å². The molecule has 0 spiro atoms. The number of aromatic nitrogens is 2. The van der Waals surface area contributed by atoms with Crippen LogP contribution in [0.4, 0.5) is 4.79 Å². The third-order valence-corrected chi connectivity index (χ3v) is 7.94. The molecule has 0 saturated heterocycles. The van der Waals surface area contributed by atoms with Crippen LogP contribution < -0.4 is 0 Å². The second kappa shape index (κ2) is 13.8. The molecule has 7 rings (SSSR count). The lowest BCUT2D eigenvalue weighted by Crippen LogP contribution is -2.26. The van der Waals surface area contributed by atoms with Crippen molar-refractivity contribution < 1.29 is 19.1 Å². The van der Waals surface area contributed by atoms with E-state index in [2.05, 4.69) is 41.4 Å². The number of nitrogens with zero attached hydrogens (tertiary/aromatic N) is 1. The normalized spacial score (nSPS) is 11.4. The Hall–Kier alpha value is -5.62. The monoisotopic (exact) mass is 622 g/mol. The maximum absolute atomic E-state index is 13.6. The number of carbonyl (C=O) groups is 2. The zero-order chi connectivity index (χ0) is 32.8. The van der Waals surface area contributed by atoms with Gasteiger partial charge in [-0.3, -0.25) is 9.36 Å². The maximum atomic E-state index is 13.6. The largest absolute Gasteiger partial charge is 0.452 e. The molecule has 6 nitrogen and oxygen atoms in total. The number of H-pyrrole nitrogens is 1. The summed E-state index contributed by atoms with van der Waals surface area (Å²) in [6, 6.07) is 40.1. The molecule has 0 radical (unpaired) electrons. The molecule has 2 aromatic heterocycles. The van der Waals surface area contributed by atoms with Crippen LogP contribution in [0.1, 0.15) is 50.0 Å². The molecule has 0 aliphatic rings. The van der Waals surface area contributed by atoms with Crippen molar-refractivity contribution >= 4 is 44.5 Å². The van der Waals surface area contributed by atoms with Crippen LogP contribution in [0.2, 0.25) is 0 Å². The van der Waals surface area contributed by atoms with Crippen LogP contribution in [0.25, 0.3) is 32.4 Å². The van der Waals surface area contributed by atoms with E-state index in [-0.39, 0.29) is 12.4 Å². The number of esters is 1. The van der Waals surface area contributed by atoms with E-state index < -0.39 is 17.8 Å². The maximum Gasteiger partial charge on any atom is 0.419 e. The highest BCUT2D eigenvalue weighted by Gasteiger charge is 2.24. The molecule has 47 heavy (non-hydrogen) atoms. The number of carbonyl (C=O) groups excluding carboxylic acids is 2. The Kier molecular flexibility index (Phi) is 9.20. The van der Waals surface area contributed by atoms with E-state index >= 15 is 0 Å². The molecule has 0 atom stereocenters. The van der Waals surface area contributed by atoms with E-state index in [9.17, 15) is 9.59 Å². The molecule has 0 bridgehead atoms. The summed E-state index contributed by atoms with van der Waals surface area (Å²) in [6.45, 7) is 5.53. The second-order valence-corrected chi connectivity index (χ2v) is 12.4. The first kappa shape index (κ1) is 31.4. The highest BCUT2D eigenvalue weighted by atomic mass is 16.6.